The Kier molecular flexibility index (Phi) is 7.44. The van der Waals surface area contributed by atoms with Crippen LogP contribution in [0.4, 0.5) is 0 Å². The van der Waals surface area contributed by atoms with Crippen molar-refractivity contribution in [3.63, 3.8) is 0 Å². The summed E-state index contributed by atoms with van der Waals surface area (Å²) < 4.78 is 5.34. The maximum absolute atomic E-state index is 5.34. The van der Waals surface area contributed by atoms with Crippen molar-refractivity contribution in [2.45, 2.75) is 32.9 Å². The third-order valence-electron chi connectivity index (χ3n) is 4.10. The first kappa shape index (κ1) is 20.2. The van der Waals surface area contributed by atoms with Crippen LogP contribution in [0.2, 0.25) is 0 Å². The second kappa shape index (κ2) is 9.56. The van der Waals surface area contributed by atoms with Crippen molar-refractivity contribution in [1.29, 1.82) is 0 Å². The minimum Gasteiger partial charge on any atom is -0.359 e. The highest BCUT2D eigenvalue weighted by Gasteiger charge is 2.08. The number of nitrogens with one attached hydrogen (secondary N) is 2. The van der Waals surface area contributed by atoms with E-state index in [4.69, 9.17) is 4.52 Å². The molecule has 2 aromatic carbocycles. The molecule has 1 heterocycles. The van der Waals surface area contributed by atoms with Crippen LogP contribution < -0.4 is 10.6 Å². The molecule has 0 saturated carbocycles. The molecule has 138 valence electrons. The van der Waals surface area contributed by atoms with Gasteiger partial charge in [-0.15, -0.1) is 24.0 Å². The van der Waals surface area contributed by atoms with Gasteiger partial charge in [0.1, 0.15) is 0 Å². The van der Waals surface area contributed by atoms with Crippen molar-refractivity contribution < 1.29 is 4.52 Å². The molecule has 0 saturated heterocycles. The van der Waals surface area contributed by atoms with Crippen LogP contribution >= 0.6 is 24.0 Å². The first-order valence-corrected chi connectivity index (χ1v) is 8.53. The smallest absolute Gasteiger partial charge is 0.191 e. The summed E-state index contributed by atoms with van der Waals surface area (Å²) in [7, 11) is 1.76. The predicted molar refractivity (Wildman–Crippen MR) is 117 cm³/mol. The average molecular weight is 464 g/mol. The number of hydrogen-bond donors (Lipinski definition) is 2. The van der Waals surface area contributed by atoms with Gasteiger partial charge in [-0.2, -0.15) is 0 Å². The van der Waals surface area contributed by atoms with Crippen molar-refractivity contribution in [3.8, 4) is 0 Å². The maximum atomic E-state index is 5.34. The first-order chi connectivity index (χ1) is 12.2. The second-order valence-electron chi connectivity index (χ2n) is 6.33. The molecule has 0 aliphatic rings. The van der Waals surface area contributed by atoms with E-state index in [-0.39, 0.29) is 24.0 Å². The lowest BCUT2D eigenvalue weighted by Gasteiger charge is -2.11. The molecule has 26 heavy (non-hydrogen) atoms. The summed E-state index contributed by atoms with van der Waals surface area (Å²) in [5.74, 6) is 1.90. The van der Waals surface area contributed by atoms with E-state index in [1.165, 1.54) is 16.3 Å². The molecule has 0 spiro atoms. The Morgan fingerprint density at radius 1 is 1.04 bits per heavy atom. The zero-order valence-electron chi connectivity index (χ0n) is 15.3. The highest BCUT2D eigenvalue weighted by Crippen LogP contribution is 2.15. The maximum Gasteiger partial charge on any atom is 0.191 e. The van der Waals surface area contributed by atoms with Gasteiger partial charge in [-0.05, 0) is 28.3 Å². The van der Waals surface area contributed by atoms with E-state index in [0.29, 0.717) is 19.0 Å². The Morgan fingerprint density at radius 3 is 2.46 bits per heavy atom. The van der Waals surface area contributed by atoms with E-state index in [0.717, 1.165) is 17.4 Å². The summed E-state index contributed by atoms with van der Waals surface area (Å²) in [5.41, 5.74) is 2.18. The highest BCUT2D eigenvalue weighted by molar-refractivity contribution is 14.0. The predicted octanol–water partition coefficient (Wildman–Crippen LogP) is 4.43. The van der Waals surface area contributed by atoms with E-state index in [1.807, 2.05) is 6.07 Å². The number of fused-ring (bicyclic) bond motifs is 1. The van der Waals surface area contributed by atoms with Gasteiger partial charge in [-0.3, -0.25) is 4.99 Å². The van der Waals surface area contributed by atoms with Crippen LogP contribution in [0.1, 0.15) is 36.8 Å². The van der Waals surface area contributed by atoms with Gasteiger partial charge in [0.05, 0.1) is 12.2 Å². The lowest BCUT2D eigenvalue weighted by molar-refractivity contribution is 0.372. The van der Waals surface area contributed by atoms with Crippen LogP contribution in [0.15, 0.2) is 58.0 Å². The van der Waals surface area contributed by atoms with Crippen LogP contribution in [0.3, 0.4) is 0 Å². The molecule has 5 nitrogen and oxygen atoms in total. The van der Waals surface area contributed by atoms with Crippen molar-refractivity contribution >= 4 is 40.7 Å². The van der Waals surface area contributed by atoms with E-state index in [9.17, 15) is 0 Å². The Bertz CT molecular complexity index is 873. The monoisotopic (exact) mass is 464 g/mol. The van der Waals surface area contributed by atoms with E-state index in [2.05, 4.69) is 77.1 Å². The fourth-order valence-corrected chi connectivity index (χ4v) is 2.61. The van der Waals surface area contributed by atoms with Gasteiger partial charge in [0.15, 0.2) is 11.7 Å². The summed E-state index contributed by atoms with van der Waals surface area (Å²) in [5, 5.41) is 13.1. The molecule has 0 unspecified atom stereocenters. The summed E-state index contributed by atoms with van der Waals surface area (Å²) in [6, 6.07) is 16.8. The normalized spacial score (nSPS) is 11.5. The number of halogens is 1. The third kappa shape index (κ3) is 5.20. The first-order valence-electron chi connectivity index (χ1n) is 8.53. The Labute approximate surface area is 171 Å². The minimum absolute atomic E-state index is 0. The van der Waals surface area contributed by atoms with Gasteiger partial charge in [0, 0.05) is 19.7 Å². The zero-order valence-corrected chi connectivity index (χ0v) is 17.7. The number of guanidine groups is 1. The zero-order chi connectivity index (χ0) is 17.6. The highest BCUT2D eigenvalue weighted by atomic mass is 127. The molecular formula is C20H25IN4O. The van der Waals surface area contributed by atoms with Gasteiger partial charge in [0.2, 0.25) is 0 Å². The average Bonchev–Trinajstić information content (AvgIpc) is 3.11. The van der Waals surface area contributed by atoms with Crippen LogP contribution in [0.25, 0.3) is 10.8 Å². The molecule has 0 amide bonds. The molecule has 0 bridgehead atoms. The van der Waals surface area contributed by atoms with E-state index >= 15 is 0 Å². The lowest BCUT2D eigenvalue weighted by atomic mass is 10.1. The van der Waals surface area contributed by atoms with Gasteiger partial charge in [-0.25, -0.2) is 0 Å². The number of nitrogens with zero attached hydrogens (tertiary/aromatic N) is 2. The molecular weight excluding hydrogens is 439 g/mol. The number of aromatic nitrogens is 1. The van der Waals surface area contributed by atoms with Crippen molar-refractivity contribution in [2.24, 2.45) is 4.99 Å². The largest absolute Gasteiger partial charge is 0.359 e. The van der Waals surface area contributed by atoms with E-state index in [1.54, 1.807) is 7.05 Å². The molecule has 0 aliphatic heterocycles. The number of hydrogen-bond acceptors (Lipinski definition) is 3. The van der Waals surface area contributed by atoms with Crippen LogP contribution in [-0.4, -0.2) is 18.2 Å². The van der Waals surface area contributed by atoms with Crippen molar-refractivity contribution in [2.75, 3.05) is 7.05 Å². The fraction of sp³-hybridized carbons (Fsp3) is 0.300. The number of rotatable bonds is 5. The molecule has 3 rings (SSSR count). The molecule has 0 fully saturated rings. The van der Waals surface area contributed by atoms with Gasteiger partial charge >= 0.3 is 0 Å². The standard InChI is InChI=1S/C20H24N4O.HI/c1-14(2)19-11-18(25-24-19)13-23-20(21-3)22-12-15-8-9-16-6-4-5-7-17(16)10-15;/h4-11,14H,12-13H2,1-3H3,(H2,21,22,23);1H. The van der Waals surface area contributed by atoms with Crippen LogP contribution in [-0.2, 0) is 13.1 Å². The third-order valence-corrected chi connectivity index (χ3v) is 4.10. The minimum atomic E-state index is 0. The molecule has 1 aromatic heterocycles. The topological polar surface area (TPSA) is 62.5 Å². The Balaban J connectivity index is 0.00000243. The van der Waals surface area contributed by atoms with Gasteiger partial charge in [-0.1, -0.05) is 55.4 Å². The van der Waals surface area contributed by atoms with E-state index < -0.39 is 0 Å². The molecule has 0 atom stereocenters. The Morgan fingerprint density at radius 2 is 1.77 bits per heavy atom. The lowest BCUT2D eigenvalue weighted by Crippen LogP contribution is -2.36. The summed E-state index contributed by atoms with van der Waals surface area (Å²) in [4.78, 5) is 4.25. The second-order valence-corrected chi connectivity index (χ2v) is 6.33. The summed E-state index contributed by atoms with van der Waals surface area (Å²) in [6.45, 7) is 5.45. The van der Waals surface area contributed by atoms with Gasteiger partial charge in [0.25, 0.3) is 0 Å². The van der Waals surface area contributed by atoms with Crippen molar-refractivity contribution in [1.82, 2.24) is 15.8 Å². The van der Waals surface area contributed by atoms with Crippen LogP contribution in [0.5, 0.6) is 0 Å². The Hall–Kier alpha value is -2.09. The van der Waals surface area contributed by atoms with Crippen molar-refractivity contribution in [3.05, 3.63) is 65.5 Å². The quantitative estimate of drug-likeness (QED) is 0.333. The molecule has 3 aromatic rings. The SMILES string of the molecule is CN=C(NCc1ccc2ccccc2c1)NCc1cc(C(C)C)no1.I. The molecule has 0 radical (unpaired) electrons. The molecule has 0 aliphatic carbocycles. The molecule has 6 heteroatoms. The van der Waals surface area contributed by atoms with Gasteiger partial charge < -0.3 is 15.2 Å². The summed E-state index contributed by atoms with van der Waals surface area (Å²) in [6.07, 6.45) is 0. The molecule has 2 N–H and O–H groups in total. The number of aliphatic imine (C=N–C) groups is 1. The fourth-order valence-electron chi connectivity index (χ4n) is 2.61. The summed E-state index contributed by atoms with van der Waals surface area (Å²) >= 11 is 0. The number of benzene rings is 2. The van der Waals surface area contributed by atoms with Crippen LogP contribution in [0, 0.1) is 0 Å².